The first-order valence-electron chi connectivity index (χ1n) is 6.58. The molecule has 1 N–H and O–H groups in total. The molecule has 0 aromatic heterocycles. The van der Waals surface area contributed by atoms with E-state index in [1.165, 1.54) is 18.2 Å². The molecule has 1 aliphatic heterocycles. The number of rotatable bonds is 3. The van der Waals surface area contributed by atoms with Gasteiger partial charge in [0.05, 0.1) is 5.56 Å². The Kier molecular flexibility index (Phi) is 4.50. The van der Waals surface area contributed by atoms with Gasteiger partial charge in [-0.2, -0.15) is 0 Å². The molecule has 0 saturated carbocycles. The predicted molar refractivity (Wildman–Crippen MR) is 73.7 cm³/mol. The van der Waals surface area contributed by atoms with Crippen molar-refractivity contribution in [3.63, 3.8) is 0 Å². The number of benzene rings is 1. The van der Waals surface area contributed by atoms with Crippen LogP contribution in [0, 0.1) is 5.82 Å². The third kappa shape index (κ3) is 3.23. The second-order valence-corrected chi connectivity index (χ2v) is 4.76. The molecule has 1 heterocycles. The number of nitrogens with zero attached hydrogens (tertiary/aromatic N) is 1. The summed E-state index contributed by atoms with van der Waals surface area (Å²) in [7, 11) is 0. The summed E-state index contributed by atoms with van der Waals surface area (Å²) in [6, 6.07) is 6.02. The molecule has 0 aliphatic carbocycles. The van der Waals surface area contributed by atoms with Gasteiger partial charge in [0.1, 0.15) is 5.82 Å². The second kappa shape index (κ2) is 6.32. The van der Waals surface area contributed by atoms with Crippen molar-refractivity contribution in [1.29, 1.82) is 0 Å². The molecule has 1 fully saturated rings. The van der Waals surface area contributed by atoms with Crippen LogP contribution in [0.15, 0.2) is 36.9 Å². The molecule has 5 heteroatoms. The van der Waals surface area contributed by atoms with E-state index >= 15 is 0 Å². The maximum Gasteiger partial charge on any atom is 0.256 e. The van der Waals surface area contributed by atoms with Crippen LogP contribution in [-0.4, -0.2) is 35.8 Å². The Morgan fingerprint density at radius 1 is 1.30 bits per heavy atom. The topological polar surface area (TPSA) is 49.4 Å². The zero-order valence-electron chi connectivity index (χ0n) is 11.1. The summed E-state index contributed by atoms with van der Waals surface area (Å²) in [5.41, 5.74) is 0.0982. The molecule has 0 bridgehead atoms. The molecule has 1 aromatic carbocycles. The maximum absolute atomic E-state index is 13.6. The number of halogens is 1. The van der Waals surface area contributed by atoms with E-state index in [9.17, 15) is 14.0 Å². The van der Waals surface area contributed by atoms with E-state index in [1.807, 2.05) is 0 Å². The lowest BCUT2D eigenvalue weighted by Crippen LogP contribution is -2.46. The standard InChI is InChI=1S/C15H17FN2O2/c1-2-14(19)17-11-7-9-18(10-8-11)15(20)12-5-3-4-6-13(12)16/h2-6,11H,1,7-10H2,(H,17,19). The van der Waals surface area contributed by atoms with Gasteiger partial charge in [-0.3, -0.25) is 9.59 Å². The van der Waals surface area contributed by atoms with E-state index in [0.29, 0.717) is 25.9 Å². The number of likely N-dealkylation sites (tertiary alicyclic amines) is 1. The van der Waals surface area contributed by atoms with Crippen LogP contribution in [0.25, 0.3) is 0 Å². The van der Waals surface area contributed by atoms with Crippen LogP contribution in [0.1, 0.15) is 23.2 Å². The van der Waals surface area contributed by atoms with E-state index < -0.39 is 5.82 Å². The highest BCUT2D eigenvalue weighted by molar-refractivity contribution is 5.94. The number of nitrogens with one attached hydrogen (secondary N) is 1. The molecule has 1 aliphatic rings. The van der Waals surface area contributed by atoms with Gasteiger partial charge in [0.2, 0.25) is 5.91 Å². The highest BCUT2D eigenvalue weighted by Crippen LogP contribution is 2.16. The van der Waals surface area contributed by atoms with Crippen LogP contribution < -0.4 is 5.32 Å². The zero-order valence-corrected chi connectivity index (χ0v) is 11.1. The Morgan fingerprint density at radius 3 is 2.55 bits per heavy atom. The van der Waals surface area contributed by atoms with E-state index in [2.05, 4.69) is 11.9 Å². The molecular formula is C15H17FN2O2. The summed E-state index contributed by atoms with van der Waals surface area (Å²) in [6.07, 6.45) is 2.57. The fourth-order valence-electron chi connectivity index (χ4n) is 2.29. The maximum atomic E-state index is 13.6. The first-order valence-corrected chi connectivity index (χ1v) is 6.58. The number of hydrogen-bond donors (Lipinski definition) is 1. The second-order valence-electron chi connectivity index (χ2n) is 4.76. The van der Waals surface area contributed by atoms with Crippen molar-refractivity contribution in [2.45, 2.75) is 18.9 Å². The zero-order chi connectivity index (χ0) is 14.5. The van der Waals surface area contributed by atoms with Crippen LogP contribution in [0.2, 0.25) is 0 Å². The van der Waals surface area contributed by atoms with E-state index in [0.717, 1.165) is 0 Å². The lowest BCUT2D eigenvalue weighted by molar-refractivity contribution is -0.117. The van der Waals surface area contributed by atoms with Gasteiger partial charge < -0.3 is 10.2 Å². The molecule has 0 atom stereocenters. The van der Waals surface area contributed by atoms with Gasteiger partial charge in [-0.1, -0.05) is 18.7 Å². The van der Waals surface area contributed by atoms with Gasteiger partial charge in [-0.05, 0) is 31.1 Å². The van der Waals surface area contributed by atoms with Crippen LogP contribution in [0.3, 0.4) is 0 Å². The minimum atomic E-state index is -0.500. The van der Waals surface area contributed by atoms with Gasteiger partial charge in [0.25, 0.3) is 5.91 Å². The summed E-state index contributed by atoms with van der Waals surface area (Å²) in [5.74, 6) is -1.000. The number of hydrogen-bond acceptors (Lipinski definition) is 2. The lowest BCUT2D eigenvalue weighted by Gasteiger charge is -2.32. The summed E-state index contributed by atoms with van der Waals surface area (Å²) in [5, 5.41) is 2.81. The molecule has 0 unspecified atom stereocenters. The van der Waals surface area contributed by atoms with Crippen LogP contribution in [-0.2, 0) is 4.79 Å². The average molecular weight is 276 g/mol. The van der Waals surface area contributed by atoms with Gasteiger partial charge in [0.15, 0.2) is 0 Å². The van der Waals surface area contributed by atoms with Crippen molar-refractivity contribution in [2.75, 3.05) is 13.1 Å². The molecule has 106 valence electrons. The first-order chi connectivity index (χ1) is 9.61. The molecule has 20 heavy (non-hydrogen) atoms. The van der Waals surface area contributed by atoms with Crippen molar-refractivity contribution < 1.29 is 14.0 Å². The third-order valence-corrected chi connectivity index (χ3v) is 3.42. The number of piperidine rings is 1. The smallest absolute Gasteiger partial charge is 0.256 e. The van der Waals surface area contributed by atoms with E-state index in [-0.39, 0.29) is 23.4 Å². The SMILES string of the molecule is C=CC(=O)NC1CCN(C(=O)c2ccccc2F)CC1. The number of amides is 2. The van der Waals surface area contributed by atoms with Crippen molar-refractivity contribution in [3.05, 3.63) is 48.3 Å². The highest BCUT2D eigenvalue weighted by atomic mass is 19.1. The molecule has 2 rings (SSSR count). The fourth-order valence-corrected chi connectivity index (χ4v) is 2.29. The van der Waals surface area contributed by atoms with Gasteiger partial charge in [0, 0.05) is 19.1 Å². The van der Waals surface area contributed by atoms with Gasteiger partial charge in [-0.25, -0.2) is 4.39 Å². The quantitative estimate of drug-likeness (QED) is 0.855. The predicted octanol–water partition coefficient (Wildman–Crippen LogP) is 1.73. The van der Waals surface area contributed by atoms with Crippen molar-refractivity contribution in [2.24, 2.45) is 0 Å². The molecule has 0 spiro atoms. The lowest BCUT2D eigenvalue weighted by atomic mass is 10.0. The Bertz CT molecular complexity index is 522. The van der Waals surface area contributed by atoms with Crippen molar-refractivity contribution in [1.82, 2.24) is 10.2 Å². The molecule has 4 nitrogen and oxygen atoms in total. The molecular weight excluding hydrogens is 259 g/mol. The van der Waals surface area contributed by atoms with Crippen molar-refractivity contribution >= 4 is 11.8 Å². The van der Waals surface area contributed by atoms with Crippen molar-refractivity contribution in [3.8, 4) is 0 Å². The molecule has 1 saturated heterocycles. The Balaban J connectivity index is 1.94. The Hall–Kier alpha value is -2.17. The Labute approximate surface area is 117 Å². The normalized spacial score (nSPS) is 15.8. The summed E-state index contributed by atoms with van der Waals surface area (Å²) < 4.78 is 13.6. The fraction of sp³-hybridized carbons (Fsp3) is 0.333. The minimum Gasteiger partial charge on any atom is -0.350 e. The van der Waals surface area contributed by atoms with Crippen LogP contribution >= 0.6 is 0 Å². The highest BCUT2D eigenvalue weighted by Gasteiger charge is 2.25. The number of carbonyl (C=O) groups excluding carboxylic acids is 2. The minimum absolute atomic E-state index is 0.0465. The summed E-state index contributed by atoms with van der Waals surface area (Å²) in [6.45, 7) is 4.42. The largest absolute Gasteiger partial charge is 0.350 e. The molecule has 1 aromatic rings. The molecule has 0 radical (unpaired) electrons. The number of carbonyl (C=O) groups is 2. The van der Waals surface area contributed by atoms with Crippen LogP contribution in [0.4, 0.5) is 4.39 Å². The first kappa shape index (κ1) is 14.2. The van der Waals surface area contributed by atoms with Gasteiger partial charge in [-0.15, -0.1) is 0 Å². The van der Waals surface area contributed by atoms with E-state index in [4.69, 9.17) is 0 Å². The van der Waals surface area contributed by atoms with Gasteiger partial charge >= 0.3 is 0 Å². The third-order valence-electron chi connectivity index (χ3n) is 3.42. The summed E-state index contributed by atoms with van der Waals surface area (Å²) in [4.78, 5) is 25.0. The molecule has 2 amide bonds. The monoisotopic (exact) mass is 276 g/mol. The van der Waals surface area contributed by atoms with Crippen LogP contribution in [0.5, 0.6) is 0 Å². The van der Waals surface area contributed by atoms with E-state index in [1.54, 1.807) is 17.0 Å². The summed E-state index contributed by atoms with van der Waals surface area (Å²) >= 11 is 0. The Morgan fingerprint density at radius 2 is 1.95 bits per heavy atom. The average Bonchev–Trinajstić information content (AvgIpc) is 2.47.